The number of ether oxygens (including phenoxy) is 1. The third kappa shape index (κ3) is 3.65. The average molecular weight is 186 g/mol. The molecule has 0 saturated carbocycles. The zero-order chi connectivity index (χ0) is 10.1. The molecule has 3 atom stereocenters. The lowest BCUT2D eigenvalue weighted by atomic mass is 9.90. The van der Waals surface area contributed by atoms with Crippen LogP contribution in [-0.2, 0) is 4.74 Å². The molecular formula is C11H22O2. The Bertz CT molecular complexity index is 160. The highest BCUT2D eigenvalue weighted by Crippen LogP contribution is 2.28. The molecule has 1 rings (SSSR count). The Morgan fingerprint density at radius 1 is 1.31 bits per heavy atom. The zero-order valence-corrected chi connectivity index (χ0v) is 9.21. The normalized spacial score (nSPS) is 36.2. The Kier molecular flexibility index (Phi) is 3.36. The van der Waals surface area contributed by atoms with E-state index in [2.05, 4.69) is 13.8 Å². The van der Waals surface area contributed by atoms with Crippen LogP contribution in [0.2, 0.25) is 0 Å². The van der Waals surface area contributed by atoms with Crippen molar-refractivity contribution in [3.63, 3.8) is 0 Å². The minimum Gasteiger partial charge on any atom is -0.390 e. The van der Waals surface area contributed by atoms with E-state index in [9.17, 15) is 5.11 Å². The Hall–Kier alpha value is -0.0800. The fraction of sp³-hybridized carbons (Fsp3) is 1.00. The van der Waals surface area contributed by atoms with Crippen LogP contribution in [-0.4, -0.2) is 22.9 Å². The molecule has 0 amide bonds. The second-order valence-corrected chi connectivity index (χ2v) is 5.03. The van der Waals surface area contributed by atoms with Gasteiger partial charge in [-0.3, -0.25) is 0 Å². The van der Waals surface area contributed by atoms with E-state index in [1.165, 1.54) is 6.42 Å². The highest BCUT2D eigenvalue weighted by molar-refractivity contribution is 4.78. The van der Waals surface area contributed by atoms with Crippen LogP contribution in [0.5, 0.6) is 0 Å². The van der Waals surface area contributed by atoms with Crippen LogP contribution in [0.4, 0.5) is 0 Å². The van der Waals surface area contributed by atoms with Crippen molar-refractivity contribution in [3.8, 4) is 0 Å². The molecule has 13 heavy (non-hydrogen) atoms. The summed E-state index contributed by atoms with van der Waals surface area (Å²) < 4.78 is 5.81. The largest absolute Gasteiger partial charge is 0.390 e. The summed E-state index contributed by atoms with van der Waals surface area (Å²) in [7, 11) is 0. The van der Waals surface area contributed by atoms with Crippen LogP contribution in [0.15, 0.2) is 0 Å². The molecule has 1 N–H and O–H groups in total. The summed E-state index contributed by atoms with van der Waals surface area (Å²) >= 11 is 0. The minimum atomic E-state index is -0.592. The van der Waals surface area contributed by atoms with E-state index in [0.717, 1.165) is 12.8 Å². The molecule has 3 unspecified atom stereocenters. The van der Waals surface area contributed by atoms with Gasteiger partial charge >= 0.3 is 0 Å². The molecule has 0 aromatic heterocycles. The molecule has 0 bridgehead atoms. The Balaban J connectivity index is 2.38. The van der Waals surface area contributed by atoms with E-state index >= 15 is 0 Å². The summed E-state index contributed by atoms with van der Waals surface area (Å²) in [6.45, 7) is 8.05. The lowest BCUT2D eigenvalue weighted by Gasteiger charge is -2.35. The average Bonchev–Trinajstić information content (AvgIpc) is 1.94. The van der Waals surface area contributed by atoms with E-state index in [-0.39, 0.29) is 6.10 Å². The molecule has 2 nitrogen and oxygen atoms in total. The van der Waals surface area contributed by atoms with Gasteiger partial charge in [-0.25, -0.2) is 0 Å². The lowest BCUT2D eigenvalue weighted by Crippen LogP contribution is -2.36. The molecule has 2 heteroatoms. The van der Waals surface area contributed by atoms with Gasteiger partial charge in [-0.1, -0.05) is 6.92 Å². The van der Waals surface area contributed by atoms with Crippen molar-refractivity contribution in [2.75, 3.05) is 0 Å². The van der Waals surface area contributed by atoms with E-state index in [0.29, 0.717) is 12.0 Å². The van der Waals surface area contributed by atoms with Gasteiger partial charge in [0, 0.05) is 6.42 Å². The van der Waals surface area contributed by atoms with E-state index in [4.69, 9.17) is 4.74 Å². The molecular weight excluding hydrogens is 164 g/mol. The molecule has 0 aromatic rings. The summed E-state index contributed by atoms with van der Waals surface area (Å²) in [6.07, 6.45) is 3.67. The van der Waals surface area contributed by atoms with Gasteiger partial charge in [-0.2, -0.15) is 0 Å². The fourth-order valence-electron chi connectivity index (χ4n) is 1.90. The van der Waals surface area contributed by atoms with Gasteiger partial charge in [0.25, 0.3) is 0 Å². The van der Waals surface area contributed by atoms with E-state index in [1.807, 2.05) is 13.8 Å². The van der Waals surface area contributed by atoms with Crippen molar-refractivity contribution in [1.29, 1.82) is 0 Å². The highest BCUT2D eigenvalue weighted by Gasteiger charge is 2.28. The van der Waals surface area contributed by atoms with Gasteiger partial charge in [-0.15, -0.1) is 0 Å². The van der Waals surface area contributed by atoms with Gasteiger partial charge in [0.15, 0.2) is 0 Å². The fourth-order valence-corrected chi connectivity index (χ4v) is 1.90. The molecule has 1 heterocycles. The van der Waals surface area contributed by atoms with Crippen molar-refractivity contribution in [2.45, 2.75) is 64.8 Å². The van der Waals surface area contributed by atoms with Crippen LogP contribution in [0.25, 0.3) is 0 Å². The van der Waals surface area contributed by atoms with Gasteiger partial charge in [0.1, 0.15) is 0 Å². The lowest BCUT2D eigenvalue weighted by molar-refractivity contribution is -0.0979. The molecule has 0 radical (unpaired) electrons. The maximum atomic E-state index is 9.64. The Labute approximate surface area is 81.3 Å². The quantitative estimate of drug-likeness (QED) is 0.717. The topological polar surface area (TPSA) is 29.5 Å². The second kappa shape index (κ2) is 3.97. The molecule has 1 aliphatic rings. The summed E-state index contributed by atoms with van der Waals surface area (Å²) in [6, 6.07) is 0. The molecule has 0 spiro atoms. The first-order valence-corrected chi connectivity index (χ1v) is 5.26. The number of rotatable bonds is 2. The smallest absolute Gasteiger partial charge is 0.0616 e. The molecule has 78 valence electrons. The molecule has 0 aromatic carbocycles. The first-order valence-electron chi connectivity index (χ1n) is 5.26. The van der Waals surface area contributed by atoms with E-state index in [1.54, 1.807) is 0 Å². The van der Waals surface area contributed by atoms with Crippen LogP contribution >= 0.6 is 0 Å². The van der Waals surface area contributed by atoms with Crippen molar-refractivity contribution < 1.29 is 9.84 Å². The van der Waals surface area contributed by atoms with Gasteiger partial charge in [-0.05, 0) is 39.5 Å². The van der Waals surface area contributed by atoms with E-state index < -0.39 is 5.60 Å². The van der Waals surface area contributed by atoms with Crippen LogP contribution in [0.1, 0.15) is 47.0 Å². The number of hydrogen-bond donors (Lipinski definition) is 1. The number of hydrogen-bond acceptors (Lipinski definition) is 2. The minimum absolute atomic E-state index is 0.256. The molecule has 1 fully saturated rings. The maximum Gasteiger partial charge on any atom is 0.0616 e. The first-order chi connectivity index (χ1) is 5.88. The number of aliphatic hydroxyl groups is 1. The summed E-state index contributed by atoms with van der Waals surface area (Å²) in [5.74, 6) is 0.665. The van der Waals surface area contributed by atoms with Crippen molar-refractivity contribution >= 4 is 0 Å². The predicted octanol–water partition coefficient (Wildman–Crippen LogP) is 2.35. The predicted molar refractivity (Wildman–Crippen MR) is 53.6 cm³/mol. The summed E-state index contributed by atoms with van der Waals surface area (Å²) in [4.78, 5) is 0. The summed E-state index contributed by atoms with van der Waals surface area (Å²) in [5, 5.41) is 9.64. The molecule has 1 aliphatic heterocycles. The van der Waals surface area contributed by atoms with Crippen molar-refractivity contribution in [2.24, 2.45) is 5.92 Å². The Morgan fingerprint density at radius 3 is 2.38 bits per heavy atom. The zero-order valence-electron chi connectivity index (χ0n) is 9.21. The monoisotopic (exact) mass is 186 g/mol. The molecule has 0 aliphatic carbocycles. The third-order valence-electron chi connectivity index (χ3n) is 2.88. The Morgan fingerprint density at radius 2 is 1.92 bits per heavy atom. The van der Waals surface area contributed by atoms with Crippen LogP contribution < -0.4 is 0 Å². The maximum absolute atomic E-state index is 9.64. The highest BCUT2D eigenvalue weighted by atomic mass is 16.5. The van der Waals surface area contributed by atoms with Gasteiger partial charge < -0.3 is 9.84 Å². The van der Waals surface area contributed by atoms with Crippen molar-refractivity contribution in [1.82, 2.24) is 0 Å². The first kappa shape index (κ1) is 11.0. The summed E-state index contributed by atoms with van der Waals surface area (Å²) in [5.41, 5.74) is -0.592. The molecule has 1 saturated heterocycles. The van der Waals surface area contributed by atoms with Crippen LogP contribution in [0, 0.1) is 5.92 Å². The SMILES string of the molecule is CC1CCC(CC(C)(C)O)OC1C. The second-order valence-electron chi connectivity index (χ2n) is 5.03. The standard InChI is InChI=1S/C11H22O2/c1-8-5-6-10(13-9(8)2)7-11(3,4)12/h8-10,12H,5-7H2,1-4H3. The van der Waals surface area contributed by atoms with Crippen molar-refractivity contribution in [3.05, 3.63) is 0 Å². The van der Waals surface area contributed by atoms with Gasteiger partial charge in [0.05, 0.1) is 17.8 Å². The van der Waals surface area contributed by atoms with Crippen LogP contribution in [0.3, 0.4) is 0 Å². The third-order valence-corrected chi connectivity index (χ3v) is 2.88. The van der Waals surface area contributed by atoms with Gasteiger partial charge in [0.2, 0.25) is 0 Å².